The molecule has 0 heterocycles. The number of carboxylic acids is 3. The van der Waals surface area contributed by atoms with Crippen LogP contribution < -0.4 is 5.73 Å². The quantitative estimate of drug-likeness (QED) is 0.518. The molecule has 8 heteroatoms. The van der Waals surface area contributed by atoms with Crippen molar-refractivity contribution in [2.45, 2.75) is 18.9 Å². The highest BCUT2D eigenvalue weighted by Crippen LogP contribution is 2.14. The average Bonchev–Trinajstić information content (AvgIpc) is 2.36. The Morgan fingerprint density at radius 2 is 1.65 bits per heavy atom. The lowest BCUT2D eigenvalue weighted by molar-refractivity contribution is -0.139. The van der Waals surface area contributed by atoms with Crippen LogP contribution in [0.25, 0.3) is 0 Å². The maximum atomic E-state index is 10.3. The second kappa shape index (κ2) is 8.48. The smallest absolute Gasteiger partial charge is 0.339 e. The monoisotopic (exact) mass is 285 g/mol. The largest absolute Gasteiger partial charge is 0.507 e. The lowest BCUT2D eigenvalue weighted by Crippen LogP contribution is -2.30. The van der Waals surface area contributed by atoms with Gasteiger partial charge in [-0.25, -0.2) is 4.79 Å². The topological polar surface area (TPSA) is 158 Å². The molecule has 1 rings (SSSR count). The van der Waals surface area contributed by atoms with Crippen molar-refractivity contribution in [1.29, 1.82) is 0 Å². The predicted octanol–water partition coefficient (Wildman–Crippen LogP) is 0.354. The Balaban J connectivity index is 0.000000361. The van der Waals surface area contributed by atoms with E-state index in [9.17, 15) is 14.4 Å². The molecule has 0 spiro atoms. The van der Waals surface area contributed by atoms with Crippen molar-refractivity contribution in [3.63, 3.8) is 0 Å². The number of hydrogen-bond donors (Lipinski definition) is 5. The van der Waals surface area contributed by atoms with Crippen LogP contribution in [0, 0.1) is 0 Å². The van der Waals surface area contributed by atoms with Gasteiger partial charge in [-0.2, -0.15) is 0 Å². The van der Waals surface area contributed by atoms with E-state index in [0.717, 1.165) is 0 Å². The Bertz CT molecular complexity index is 486. The summed E-state index contributed by atoms with van der Waals surface area (Å²) in [5, 5.41) is 33.6. The molecule has 110 valence electrons. The molecule has 0 amide bonds. The third kappa shape index (κ3) is 6.97. The number of aromatic carboxylic acids is 1. The molecule has 0 radical (unpaired) electrons. The second-order valence-corrected chi connectivity index (χ2v) is 3.70. The highest BCUT2D eigenvalue weighted by Gasteiger charge is 2.12. The van der Waals surface area contributed by atoms with Crippen LogP contribution in [0.15, 0.2) is 24.3 Å². The Labute approximate surface area is 114 Å². The summed E-state index contributed by atoms with van der Waals surface area (Å²) >= 11 is 0. The van der Waals surface area contributed by atoms with Crippen molar-refractivity contribution in [1.82, 2.24) is 0 Å². The lowest BCUT2D eigenvalue weighted by Gasteiger charge is -2.01. The van der Waals surface area contributed by atoms with Gasteiger partial charge in [-0.15, -0.1) is 0 Å². The van der Waals surface area contributed by atoms with Crippen LogP contribution in [0.3, 0.4) is 0 Å². The van der Waals surface area contributed by atoms with Gasteiger partial charge >= 0.3 is 17.9 Å². The maximum absolute atomic E-state index is 10.3. The van der Waals surface area contributed by atoms with Gasteiger partial charge in [0.15, 0.2) is 0 Å². The predicted molar refractivity (Wildman–Crippen MR) is 67.5 cm³/mol. The highest BCUT2D eigenvalue weighted by atomic mass is 16.4. The Morgan fingerprint density at radius 1 is 1.10 bits per heavy atom. The molecule has 0 saturated heterocycles. The summed E-state index contributed by atoms with van der Waals surface area (Å²) in [6.45, 7) is 0. The van der Waals surface area contributed by atoms with E-state index in [-0.39, 0.29) is 24.2 Å². The number of nitrogens with two attached hydrogens (primary N) is 1. The van der Waals surface area contributed by atoms with Crippen LogP contribution >= 0.6 is 0 Å². The van der Waals surface area contributed by atoms with Gasteiger partial charge in [-0.05, 0) is 18.6 Å². The zero-order valence-corrected chi connectivity index (χ0v) is 10.4. The van der Waals surface area contributed by atoms with Gasteiger partial charge in [0.1, 0.15) is 17.4 Å². The minimum absolute atomic E-state index is 0.0231. The third-order valence-corrected chi connectivity index (χ3v) is 2.12. The number of phenols is 1. The average molecular weight is 285 g/mol. The fourth-order valence-electron chi connectivity index (χ4n) is 1.06. The number of carboxylic acid groups (broad SMARTS) is 3. The SMILES string of the molecule is N[C@@H](CCC(=O)O)C(=O)O.O=C(O)c1ccccc1O. The highest BCUT2D eigenvalue weighted by molar-refractivity contribution is 5.90. The Morgan fingerprint density at radius 3 is 2.00 bits per heavy atom. The molecule has 0 aromatic heterocycles. The summed E-state index contributed by atoms with van der Waals surface area (Å²) in [7, 11) is 0. The fourth-order valence-corrected chi connectivity index (χ4v) is 1.06. The van der Waals surface area contributed by atoms with E-state index in [0.29, 0.717) is 0 Å². The summed E-state index contributed by atoms with van der Waals surface area (Å²) < 4.78 is 0. The molecular weight excluding hydrogens is 270 g/mol. The third-order valence-electron chi connectivity index (χ3n) is 2.12. The van der Waals surface area contributed by atoms with Gasteiger partial charge in [0.05, 0.1) is 0 Å². The minimum Gasteiger partial charge on any atom is -0.507 e. The molecule has 0 unspecified atom stereocenters. The molecule has 0 aliphatic rings. The van der Waals surface area contributed by atoms with Crippen LogP contribution in [0.5, 0.6) is 5.75 Å². The van der Waals surface area contributed by atoms with Gasteiger partial charge in [0.25, 0.3) is 0 Å². The van der Waals surface area contributed by atoms with Crippen LogP contribution in [-0.4, -0.2) is 44.4 Å². The van der Waals surface area contributed by atoms with Crippen molar-refractivity contribution in [2.24, 2.45) is 5.73 Å². The summed E-state index contributed by atoms with van der Waals surface area (Å²) in [4.78, 5) is 30.1. The first-order chi connectivity index (χ1) is 9.25. The zero-order chi connectivity index (χ0) is 15.7. The lowest BCUT2D eigenvalue weighted by atomic mass is 10.2. The van der Waals surface area contributed by atoms with E-state index < -0.39 is 23.9 Å². The minimum atomic E-state index is -1.17. The molecule has 0 fully saturated rings. The first kappa shape index (κ1) is 17.4. The molecule has 20 heavy (non-hydrogen) atoms. The second-order valence-electron chi connectivity index (χ2n) is 3.70. The summed E-state index contributed by atoms with van der Waals surface area (Å²) in [5.41, 5.74) is 4.93. The number of carbonyl (C=O) groups is 3. The van der Waals surface area contributed by atoms with E-state index in [1.165, 1.54) is 12.1 Å². The Kier molecular flexibility index (Phi) is 7.38. The van der Waals surface area contributed by atoms with Crippen molar-refractivity contribution in [2.75, 3.05) is 0 Å². The van der Waals surface area contributed by atoms with Crippen LogP contribution in [0.2, 0.25) is 0 Å². The first-order valence-electron chi connectivity index (χ1n) is 5.47. The van der Waals surface area contributed by atoms with Gasteiger partial charge in [0.2, 0.25) is 0 Å². The van der Waals surface area contributed by atoms with Crippen molar-refractivity contribution >= 4 is 17.9 Å². The number of rotatable bonds is 5. The van der Waals surface area contributed by atoms with Gasteiger partial charge in [-0.3, -0.25) is 9.59 Å². The molecule has 0 aliphatic heterocycles. The number of benzene rings is 1. The Hall–Kier alpha value is -2.61. The molecule has 1 aromatic rings. The van der Waals surface area contributed by atoms with Crippen molar-refractivity contribution in [3.8, 4) is 5.75 Å². The van der Waals surface area contributed by atoms with Gasteiger partial charge in [-0.1, -0.05) is 12.1 Å². The fraction of sp³-hybridized carbons (Fsp3) is 0.250. The molecule has 1 atom stereocenters. The maximum Gasteiger partial charge on any atom is 0.339 e. The number of para-hydroxylation sites is 1. The van der Waals surface area contributed by atoms with Crippen molar-refractivity contribution in [3.05, 3.63) is 29.8 Å². The van der Waals surface area contributed by atoms with E-state index in [1.54, 1.807) is 12.1 Å². The van der Waals surface area contributed by atoms with Gasteiger partial charge < -0.3 is 26.2 Å². The molecule has 0 bridgehead atoms. The van der Waals surface area contributed by atoms with E-state index in [4.69, 9.17) is 26.2 Å². The van der Waals surface area contributed by atoms with Crippen LogP contribution in [0.1, 0.15) is 23.2 Å². The number of aliphatic carboxylic acids is 2. The normalized spacial score (nSPS) is 10.8. The van der Waals surface area contributed by atoms with Crippen LogP contribution in [-0.2, 0) is 9.59 Å². The summed E-state index contributed by atoms with van der Waals surface area (Å²) in [5.74, 6) is -3.51. The summed E-state index contributed by atoms with van der Waals surface area (Å²) in [6.07, 6.45) is -0.224. The zero-order valence-electron chi connectivity index (χ0n) is 10.4. The van der Waals surface area contributed by atoms with E-state index >= 15 is 0 Å². The molecule has 0 aliphatic carbocycles. The molecular formula is C12H15NO7. The number of hydrogen-bond acceptors (Lipinski definition) is 5. The van der Waals surface area contributed by atoms with Gasteiger partial charge in [0, 0.05) is 6.42 Å². The molecule has 0 saturated carbocycles. The summed E-state index contributed by atoms with van der Waals surface area (Å²) in [6, 6.07) is 4.75. The van der Waals surface area contributed by atoms with E-state index in [2.05, 4.69) is 0 Å². The van der Waals surface area contributed by atoms with E-state index in [1.807, 2.05) is 0 Å². The van der Waals surface area contributed by atoms with Crippen molar-refractivity contribution < 1.29 is 34.8 Å². The molecule has 8 nitrogen and oxygen atoms in total. The first-order valence-corrected chi connectivity index (χ1v) is 5.47. The standard InChI is InChI=1S/C7H6O3.C5H9NO4/c8-6-4-2-1-3-5(6)7(9)10;6-3(5(9)10)1-2-4(7)8/h1-4,8H,(H,9,10);3H,1-2,6H2,(H,7,8)(H,9,10)/t;3-/m.0/s1. The molecule has 1 aromatic carbocycles. The van der Waals surface area contributed by atoms with Crippen LogP contribution in [0.4, 0.5) is 0 Å². The molecule has 6 N–H and O–H groups in total. The number of aromatic hydroxyl groups is 1.